The second-order valence-electron chi connectivity index (χ2n) is 10.9. The van der Waals surface area contributed by atoms with Crippen molar-refractivity contribution in [2.24, 2.45) is 0 Å². The first kappa shape index (κ1) is 27.9. The molecule has 0 N–H and O–H groups in total. The molecule has 1 heterocycles. The Morgan fingerprint density at radius 1 is 0.972 bits per heavy atom. The molecule has 8 heteroatoms. The summed E-state index contributed by atoms with van der Waals surface area (Å²) in [7, 11) is -3.42. The molecule has 0 aromatic heterocycles. The highest BCUT2D eigenvalue weighted by Gasteiger charge is 2.37. The number of carbonyl (C=O) groups is 2. The van der Waals surface area contributed by atoms with E-state index in [2.05, 4.69) is 0 Å². The Balaban J connectivity index is 1.68. The van der Waals surface area contributed by atoms with Gasteiger partial charge in [-0.2, -0.15) is 0 Å². The van der Waals surface area contributed by atoms with Gasteiger partial charge in [0.2, 0.25) is 0 Å². The summed E-state index contributed by atoms with van der Waals surface area (Å²) in [6.45, 7) is 11.2. The molecule has 0 unspecified atom stereocenters. The number of amides is 2. The molecule has 2 aromatic carbocycles. The van der Waals surface area contributed by atoms with Crippen LogP contribution in [0.25, 0.3) is 6.08 Å². The summed E-state index contributed by atoms with van der Waals surface area (Å²) in [6, 6.07) is 16.6. The van der Waals surface area contributed by atoms with Crippen LogP contribution < -0.4 is 0 Å². The van der Waals surface area contributed by atoms with E-state index in [-0.39, 0.29) is 18.8 Å². The molecule has 0 radical (unpaired) electrons. The number of hydrogen-bond acceptors (Lipinski definition) is 6. The third-order valence-electron chi connectivity index (χ3n) is 5.11. The highest BCUT2D eigenvalue weighted by atomic mass is 31.2. The van der Waals surface area contributed by atoms with Gasteiger partial charge in [0, 0.05) is 6.08 Å². The van der Waals surface area contributed by atoms with E-state index in [9.17, 15) is 14.2 Å². The number of carbonyl (C=O) groups excluding carboxylic acids is 2. The zero-order valence-electron chi connectivity index (χ0n) is 21.9. The third-order valence-corrected chi connectivity index (χ3v) is 7.52. The molecule has 2 aromatic rings. The maximum absolute atomic E-state index is 13.5. The predicted molar refractivity (Wildman–Crippen MR) is 141 cm³/mol. The van der Waals surface area contributed by atoms with Crippen molar-refractivity contribution >= 4 is 25.7 Å². The maximum atomic E-state index is 13.5. The Morgan fingerprint density at radius 2 is 1.56 bits per heavy atom. The Morgan fingerprint density at radius 3 is 2.11 bits per heavy atom. The van der Waals surface area contributed by atoms with Gasteiger partial charge in [0.25, 0.3) is 5.91 Å². The molecule has 1 atom stereocenters. The van der Waals surface area contributed by atoms with Gasteiger partial charge in [-0.05, 0) is 70.7 Å². The van der Waals surface area contributed by atoms with Crippen LogP contribution in [0.4, 0.5) is 4.79 Å². The summed E-state index contributed by atoms with van der Waals surface area (Å²) in [6.07, 6.45) is 3.05. The first-order chi connectivity index (χ1) is 16.7. The van der Waals surface area contributed by atoms with Crippen LogP contribution in [0.5, 0.6) is 0 Å². The Hall–Kier alpha value is -2.73. The highest BCUT2D eigenvalue weighted by Crippen LogP contribution is 2.56. The second-order valence-corrected chi connectivity index (χ2v) is 12.8. The average Bonchev–Trinajstić information content (AvgIpc) is 3.10. The van der Waals surface area contributed by atoms with E-state index in [0.717, 1.165) is 16.7 Å². The normalized spacial score (nSPS) is 17.0. The van der Waals surface area contributed by atoms with E-state index < -0.39 is 30.8 Å². The van der Waals surface area contributed by atoms with Crippen molar-refractivity contribution in [1.82, 2.24) is 4.90 Å². The van der Waals surface area contributed by atoms with Crippen molar-refractivity contribution in [2.75, 3.05) is 6.61 Å². The Kier molecular flexibility index (Phi) is 8.60. The van der Waals surface area contributed by atoms with Crippen LogP contribution >= 0.6 is 7.60 Å². The summed E-state index contributed by atoms with van der Waals surface area (Å²) < 4.78 is 30.4. The molecule has 36 heavy (non-hydrogen) atoms. The van der Waals surface area contributed by atoms with E-state index in [1.807, 2.05) is 96.1 Å². The maximum Gasteiger partial charge on any atom is 0.417 e. The topological polar surface area (TPSA) is 82.1 Å². The van der Waals surface area contributed by atoms with Crippen LogP contribution in [0.15, 0.2) is 60.7 Å². The Bertz CT molecular complexity index is 1110. The van der Waals surface area contributed by atoms with Crippen LogP contribution in [0, 0.1) is 0 Å². The second kappa shape index (κ2) is 11.1. The fourth-order valence-electron chi connectivity index (χ4n) is 3.89. The fourth-order valence-corrected chi connectivity index (χ4v) is 6.38. The van der Waals surface area contributed by atoms with Crippen LogP contribution in [-0.2, 0) is 35.7 Å². The van der Waals surface area contributed by atoms with E-state index in [0.29, 0.717) is 6.42 Å². The van der Waals surface area contributed by atoms with Gasteiger partial charge in [-0.25, -0.2) is 9.69 Å². The number of nitrogens with zero attached hydrogens (tertiary/aromatic N) is 1. The molecule has 194 valence electrons. The minimum atomic E-state index is -3.42. The molecule has 0 aliphatic carbocycles. The monoisotopic (exact) mass is 513 g/mol. The van der Waals surface area contributed by atoms with Crippen LogP contribution in [0.1, 0.15) is 58.2 Å². The van der Waals surface area contributed by atoms with Crippen molar-refractivity contribution in [3.63, 3.8) is 0 Å². The lowest BCUT2D eigenvalue weighted by Crippen LogP contribution is -2.39. The molecule has 2 amide bonds. The van der Waals surface area contributed by atoms with Gasteiger partial charge in [-0.15, -0.1) is 0 Å². The molecular formula is C28H36NO6P. The Labute approximate surface area is 214 Å². The lowest BCUT2D eigenvalue weighted by atomic mass is 10.1. The summed E-state index contributed by atoms with van der Waals surface area (Å²) in [5, 5.41) is 0. The van der Waals surface area contributed by atoms with E-state index in [4.69, 9.17) is 13.8 Å². The summed E-state index contributed by atoms with van der Waals surface area (Å²) in [5.74, 6) is -0.427. The first-order valence-corrected chi connectivity index (χ1v) is 13.8. The van der Waals surface area contributed by atoms with Crippen LogP contribution in [-0.4, -0.2) is 40.8 Å². The zero-order valence-corrected chi connectivity index (χ0v) is 22.8. The quantitative estimate of drug-likeness (QED) is 0.292. The van der Waals surface area contributed by atoms with Crippen molar-refractivity contribution in [3.05, 3.63) is 77.4 Å². The number of rotatable bonds is 8. The minimum absolute atomic E-state index is 0.130. The van der Waals surface area contributed by atoms with Gasteiger partial charge in [-0.3, -0.25) is 9.36 Å². The zero-order chi connectivity index (χ0) is 26.6. The number of imide groups is 1. The van der Waals surface area contributed by atoms with E-state index in [1.165, 1.54) is 11.0 Å². The van der Waals surface area contributed by atoms with E-state index in [1.54, 1.807) is 6.08 Å². The lowest BCUT2D eigenvalue weighted by Gasteiger charge is -2.32. The molecule has 1 aliphatic heterocycles. The van der Waals surface area contributed by atoms with Gasteiger partial charge in [0.15, 0.2) is 0 Å². The minimum Gasteiger partial charge on any atom is -0.447 e. The van der Waals surface area contributed by atoms with Crippen LogP contribution in [0.3, 0.4) is 0 Å². The number of cyclic esters (lactones) is 1. The molecular weight excluding hydrogens is 477 g/mol. The molecule has 0 saturated carbocycles. The number of benzene rings is 2. The standard InChI is InChI=1S/C28H36NO6P/c1-27(2,3)34-36(32,35-28(4,5)6)20-23-14-12-21(13-15-23)16-17-25(30)29-24(19-33-26(29)31)18-22-10-8-7-9-11-22/h7-17,24H,18-20H2,1-6H3/t24-/m0/s1. The van der Waals surface area contributed by atoms with Crippen molar-refractivity contribution < 1.29 is 27.9 Å². The smallest absolute Gasteiger partial charge is 0.417 e. The van der Waals surface area contributed by atoms with Gasteiger partial charge >= 0.3 is 13.7 Å². The average molecular weight is 514 g/mol. The van der Waals surface area contributed by atoms with Gasteiger partial charge in [0.1, 0.15) is 6.61 Å². The molecule has 1 aliphatic rings. The predicted octanol–water partition coefficient (Wildman–Crippen LogP) is 6.61. The van der Waals surface area contributed by atoms with Crippen molar-refractivity contribution in [2.45, 2.75) is 71.4 Å². The fraction of sp³-hybridized carbons (Fsp3) is 0.429. The van der Waals surface area contributed by atoms with Crippen LogP contribution in [0.2, 0.25) is 0 Å². The van der Waals surface area contributed by atoms with E-state index >= 15 is 0 Å². The van der Waals surface area contributed by atoms with Gasteiger partial charge in [0.05, 0.1) is 23.4 Å². The van der Waals surface area contributed by atoms with Gasteiger partial charge in [-0.1, -0.05) is 54.6 Å². The third kappa shape index (κ3) is 8.44. The summed E-state index contributed by atoms with van der Waals surface area (Å²) in [5.41, 5.74) is 1.34. The lowest BCUT2D eigenvalue weighted by molar-refractivity contribution is -0.124. The summed E-state index contributed by atoms with van der Waals surface area (Å²) in [4.78, 5) is 26.2. The molecule has 0 bridgehead atoms. The summed E-state index contributed by atoms with van der Waals surface area (Å²) >= 11 is 0. The SMILES string of the molecule is CC(C)(C)OP(=O)(Cc1ccc(C=CC(=O)N2C(=O)OC[C@@H]2Cc2ccccc2)cc1)OC(C)(C)C. The van der Waals surface area contributed by atoms with Crippen molar-refractivity contribution in [1.29, 1.82) is 0 Å². The largest absolute Gasteiger partial charge is 0.447 e. The molecule has 1 saturated heterocycles. The molecule has 1 fully saturated rings. The molecule has 3 rings (SSSR count). The highest BCUT2D eigenvalue weighted by molar-refractivity contribution is 7.53. The van der Waals surface area contributed by atoms with Gasteiger partial charge < -0.3 is 13.8 Å². The van der Waals surface area contributed by atoms with Crippen molar-refractivity contribution in [3.8, 4) is 0 Å². The number of hydrogen-bond donors (Lipinski definition) is 0. The number of ether oxygens (including phenoxy) is 1. The first-order valence-electron chi connectivity index (χ1n) is 12.0. The molecule has 0 spiro atoms. The molecule has 7 nitrogen and oxygen atoms in total.